The number of aromatic nitrogens is 1. The molecular weight excluding hydrogens is 357 g/mol. The summed E-state index contributed by atoms with van der Waals surface area (Å²) < 4.78 is 12.9. The standard InChI is InChI=1S/C22H20FN3O2/c1-15(27)17-4-8-20(9-5-17)26-21-12-18(13-24-14-21)22(28)25-11-10-16-2-6-19(23)7-3-16/h2-9,12-14,26H,10-11H2,1H3,(H,25,28). The molecule has 0 aliphatic heterocycles. The summed E-state index contributed by atoms with van der Waals surface area (Å²) in [5, 5.41) is 6.00. The fourth-order valence-corrected chi connectivity index (χ4v) is 2.66. The number of anilines is 2. The zero-order valence-corrected chi connectivity index (χ0v) is 15.4. The highest BCUT2D eigenvalue weighted by Gasteiger charge is 2.07. The third-order valence-electron chi connectivity index (χ3n) is 4.19. The maximum absolute atomic E-state index is 12.9. The van der Waals surface area contributed by atoms with Gasteiger partial charge in [-0.05, 0) is 61.4 Å². The smallest absolute Gasteiger partial charge is 0.252 e. The van der Waals surface area contributed by atoms with Gasteiger partial charge < -0.3 is 10.6 Å². The van der Waals surface area contributed by atoms with Crippen molar-refractivity contribution in [1.29, 1.82) is 0 Å². The molecule has 5 nitrogen and oxygen atoms in total. The maximum atomic E-state index is 12.9. The Balaban J connectivity index is 1.58. The SMILES string of the molecule is CC(=O)c1ccc(Nc2cncc(C(=O)NCCc3ccc(F)cc3)c2)cc1. The van der Waals surface area contributed by atoms with Crippen LogP contribution in [0.1, 0.15) is 33.2 Å². The Hall–Kier alpha value is -3.54. The van der Waals surface area contributed by atoms with Crippen LogP contribution in [0.4, 0.5) is 15.8 Å². The Morgan fingerprint density at radius 1 is 0.929 bits per heavy atom. The number of Topliss-reactive ketones (excluding diaryl/α,β-unsaturated/α-hetero) is 1. The van der Waals surface area contributed by atoms with Crippen LogP contribution in [0, 0.1) is 5.82 Å². The second kappa shape index (κ2) is 8.90. The Labute approximate surface area is 162 Å². The molecule has 0 atom stereocenters. The molecule has 0 spiro atoms. The van der Waals surface area contributed by atoms with Crippen molar-refractivity contribution in [1.82, 2.24) is 10.3 Å². The van der Waals surface area contributed by atoms with Gasteiger partial charge in [0.15, 0.2) is 5.78 Å². The largest absolute Gasteiger partial charge is 0.354 e. The number of hydrogen-bond donors (Lipinski definition) is 2. The van der Waals surface area contributed by atoms with Crippen molar-refractivity contribution in [3.8, 4) is 0 Å². The molecule has 0 radical (unpaired) electrons. The van der Waals surface area contributed by atoms with Crippen molar-refractivity contribution in [3.05, 3.63) is 89.5 Å². The summed E-state index contributed by atoms with van der Waals surface area (Å²) in [6.45, 7) is 1.96. The molecule has 0 aliphatic rings. The molecule has 0 aliphatic carbocycles. The molecule has 6 heteroatoms. The number of carbonyl (C=O) groups excluding carboxylic acids is 2. The minimum atomic E-state index is -0.279. The lowest BCUT2D eigenvalue weighted by molar-refractivity contribution is 0.0952. The van der Waals surface area contributed by atoms with E-state index in [9.17, 15) is 14.0 Å². The molecule has 3 rings (SSSR count). The molecular formula is C22H20FN3O2. The van der Waals surface area contributed by atoms with Gasteiger partial charge in [0, 0.05) is 24.0 Å². The summed E-state index contributed by atoms with van der Waals surface area (Å²) in [5.41, 5.74) is 3.48. The van der Waals surface area contributed by atoms with E-state index in [0.717, 1.165) is 11.3 Å². The normalized spacial score (nSPS) is 10.4. The first-order valence-corrected chi connectivity index (χ1v) is 8.87. The summed E-state index contributed by atoms with van der Waals surface area (Å²) >= 11 is 0. The molecule has 2 N–H and O–H groups in total. The molecule has 1 amide bonds. The highest BCUT2D eigenvalue weighted by molar-refractivity contribution is 5.95. The van der Waals surface area contributed by atoms with Crippen molar-refractivity contribution in [2.24, 2.45) is 0 Å². The number of pyridine rings is 1. The number of hydrogen-bond acceptors (Lipinski definition) is 4. The number of rotatable bonds is 7. The van der Waals surface area contributed by atoms with Crippen LogP contribution in [-0.2, 0) is 6.42 Å². The molecule has 142 valence electrons. The minimum absolute atomic E-state index is 0.00697. The predicted molar refractivity (Wildman–Crippen MR) is 106 cm³/mol. The van der Waals surface area contributed by atoms with Gasteiger partial charge in [-0.15, -0.1) is 0 Å². The second-order valence-corrected chi connectivity index (χ2v) is 6.35. The van der Waals surface area contributed by atoms with Crippen LogP contribution in [0.3, 0.4) is 0 Å². The van der Waals surface area contributed by atoms with Crippen LogP contribution in [0.25, 0.3) is 0 Å². The first-order chi connectivity index (χ1) is 13.5. The minimum Gasteiger partial charge on any atom is -0.354 e. The monoisotopic (exact) mass is 377 g/mol. The lowest BCUT2D eigenvalue weighted by Crippen LogP contribution is -2.25. The Bertz CT molecular complexity index is 970. The molecule has 0 unspecified atom stereocenters. The fourth-order valence-electron chi connectivity index (χ4n) is 2.66. The predicted octanol–water partition coefficient (Wildman–Crippen LogP) is 4.14. The van der Waals surface area contributed by atoms with Crippen LogP contribution in [0.15, 0.2) is 67.0 Å². The number of nitrogens with one attached hydrogen (secondary N) is 2. The first kappa shape index (κ1) is 19.2. The zero-order chi connectivity index (χ0) is 19.9. The zero-order valence-electron chi connectivity index (χ0n) is 15.4. The lowest BCUT2D eigenvalue weighted by atomic mass is 10.1. The molecule has 0 saturated carbocycles. The quantitative estimate of drug-likeness (QED) is 0.607. The maximum Gasteiger partial charge on any atom is 0.252 e. The van der Waals surface area contributed by atoms with Gasteiger partial charge in [0.05, 0.1) is 17.4 Å². The van der Waals surface area contributed by atoms with Crippen LogP contribution in [0.5, 0.6) is 0 Å². The van der Waals surface area contributed by atoms with Crippen molar-refractivity contribution < 1.29 is 14.0 Å². The lowest BCUT2D eigenvalue weighted by Gasteiger charge is -2.09. The third-order valence-corrected chi connectivity index (χ3v) is 4.19. The summed E-state index contributed by atoms with van der Waals surface area (Å²) in [7, 11) is 0. The highest BCUT2D eigenvalue weighted by Crippen LogP contribution is 2.17. The van der Waals surface area contributed by atoms with E-state index in [-0.39, 0.29) is 17.5 Å². The van der Waals surface area contributed by atoms with Gasteiger partial charge in [-0.3, -0.25) is 14.6 Å². The number of carbonyl (C=O) groups is 2. The van der Waals surface area contributed by atoms with Crippen molar-refractivity contribution in [2.75, 3.05) is 11.9 Å². The second-order valence-electron chi connectivity index (χ2n) is 6.35. The molecule has 3 aromatic rings. The van der Waals surface area contributed by atoms with E-state index >= 15 is 0 Å². The van der Waals surface area contributed by atoms with Gasteiger partial charge in [-0.25, -0.2) is 4.39 Å². The topological polar surface area (TPSA) is 71.1 Å². The number of ketones is 1. The van der Waals surface area contributed by atoms with E-state index in [4.69, 9.17) is 0 Å². The van der Waals surface area contributed by atoms with Crippen LogP contribution in [0.2, 0.25) is 0 Å². The van der Waals surface area contributed by atoms with E-state index in [1.54, 1.807) is 48.7 Å². The number of benzene rings is 2. The molecule has 0 saturated heterocycles. The van der Waals surface area contributed by atoms with E-state index in [0.29, 0.717) is 29.8 Å². The number of amides is 1. The Morgan fingerprint density at radius 3 is 2.32 bits per heavy atom. The summed E-state index contributed by atoms with van der Waals surface area (Å²) in [6, 6.07) is 15.0. The number of halogens is 1. The number of nitrogens with zero attached hydrogens (tertiary/aromatic N) is 1. The van der Waals surface area contributed by atoms with Crippen LogP contribution in [-0.4, -0.2) is 23.2 Å². The van der Waals surface area contributed by atoms with Gasteiger partial charge in [0.1, 0.15) is 5.82 Å². The molecule has 1 aromatic heterocycles. The molecule has 2 aromatic carbocycles. The summed E-state index contributed by atoms with van der Waals surface area (Å²) in [4.78, 5) is 27.8. The first-order valence-electron chi connectivity index (χ1n) is 8.87. The van der Waals surface area contributed by atoms with Gasteiger partial charge >= 0.3 is 0 Å². The van der Waals surface area contributed by atoms with E-state index in [1.165, 1.54) is 25.3 Å². The fraction of sp³-hybridized carbons (Fsp3) is 0.136. The Morgan fingerprint density at radius 2 is 1.64 bits per heavy atom. The van der Waals surface area contributed by atoms with E-state index < -0.39 is 0 Å². The highest BCUT2D eigenvalue weighted by atomic mass is 19.1. The van der Waals surface area contributed by atoms with Gasteiger partial charge in [0.2, 0.25) is 0 Å². The van der Waals surface area contributed by atoms with E-state index in [2.05, 4.69) is 15.6 Å². The van der Waals surface area contributed by atoms with Crippen molar-refractivity contribution in [2.45, 2.75) is 13.3 Å². The van der Waals surface area contributed by atoms with Crippen LogP contribution >= 0.6 is 0 Å². The third kappa shape index (κ3) is 5.23. The van der Waals surface area contributed by atoms with Crippen LogP contribution < -0.4 is 10.6 Å². The average Bonchev–Trinajstić information content (AvgIpc) is 2.70. The van der Waals surface area contributed by atoms with E-state index in [1.807, 2.05) is 0 Å². The van der Waals surface area contributed by atoms with Gasteiger partial charge in [-0.2, -0.15) is 0 Å². The Kier molecular flexibility index (Phi) is 6.11. The molecule has 0 fully saturated rings. The van der Waals surface area contributed by atoms with Gasteiger partial charge in [0.25, 0.3) is 5.91 Å². The summed E-state index contributed by atoms with van der Waals surface area (Å²) in [6.07, 6.45) is 3.73. The molecule has 1 heterocycles. The summed E-state index contributed by atoms with van der Waals surface area (Å²) in [5.74, 6) is -0.503. The van der Waals surface area contributed by atoms with Crippen molar-refractivity contribution >= 4 is 23.1 Å². The average molecular weight is 377 g/mol. The van der Waals surface area contributed by atoms with Crippen molar-refractivity contribution in [3.63, 3.8) is 0 Å². The molecule has 28 heavy (non-hydrogen) atoms. The molecule has 0 bridgehead atoms. The van der Waals surface area contributed by atoms with Gasteiger partial charge in [-0.1, -0.05) is 12.1 Å².